The second-order valence-corrected chi connectivity index (χ2v) is 15.2. The molecule has 13 nitrogen and oxygen atoms in total. The first kappa shape index (κ1) is 37.9. The molecular weight excluding hydrogens is 749 g/mol. The number of nitrogens with one attached hydrogen (secondary N) is 4. The maximum absolute atomic E-state index is 14.6. The van der Waals surface area contributed by atoms with Crippen LogP contribution < -0.4 is 26.0 Å². The van der Waals surface area contributed by atoms with Crippen LogP contribution in [0.3, 0.4) is 0 Å². The van der Waals surface area contributed by atoms with Crippen LogP contribution in [0.25, 0.3) is 0 Å². The van der Waals surface area contributed by atoms with E-state index in [1.807, 2.05) is 23.6 Å². The Labute approximate surface area is 325 Å². The van der Waals surface area contributed by atoms with E-state index in [9.17, 15) is 28.4 Å². The number of nitrogens with zero attached hydrogens (tertiary/aromatic N) is 3. The predicted molar refractivity (Wildman–Crippen MR) is 203 cm³/mol. The molecule has 0 spiro atoms. The average molecular weight is 788 g/mol. The highest BCUT2D eigenvalue weighted by molar-refractivity contribution is 7.13. The molecule has 1 atom stereocenters. The minimum Gasteiger partial charge on any atom is -0.487 e. The van der Waals surface area contributed by atoms with Gasteiger partial charge in [-0.1, -0.05) is 29.8 Å². The van der Waals surface area contributed by atoms with Gasteiger partial charge in [0.25, 0.3) is 5.91 Å². The van der Waals surface area contributed by atoms with Crippen LogP contribution in [0.1, 0.15) is 73.0 Å². The summed E-state index contributed by atoms with van der Waals surface area (Å²) in [6.45, 7) is 0.378. The van der Waals surface area contributed by atoms with Gasteiger partial charge in [-0.2, -0.15) is 0 Å². The van der Waals surface area contributed by atoms with Gasteiger partial charge in [-0.25, -0.2) is 14.4 Å². The number of anilines is 3. The van der Waals surface area contributed by atoms with Crippen molar-refractivity contribution in [2.45, 2.75) is 76.5 Å². The van der Waals surface area contributed by atoms with Gasteiger partial charge >= 0.3 is 0 Å². The van der Waals surface area contributed by atoms with E-state index < -0.39 is 23.2 Å². The van der Waals surface area contributed by atoms with Crippen molar-refractivity contribution in [1.82, 2.24) is 25.5 Å². The molecule has 55 heavy (non-hydrogen) atoms. The second-order valence-electron chi connectivity index (χ2n) is 13.9. The summed E-state index contributed by atoms with van der Waals surface area (Å²) in [6, 6.07) is 14.5. The lowest BCUT2D eigenvalue weighted by atomic mass is 9.69. The van der Waals surface area contributed by atoms with Crippen LogP contribution in [0.5, 0.6) is 5.75 Å². The number of amides is 5. The molecule has 4 heterocycles. The lowest BCUT2D eigenvalue weighted by Gasteiger charge is -2.39. The van der Waals surface area contributed by atoms with E-state index in [-0.39, 0.29) is 72.9 Å². The molecule has 4 aromatic rings. The van der Waals surface area contributed by atoms with Crippen LogP contribution in [0.2, 0.25) is 5.02 Å². The maximum atomic E-state index is 14.6. The van der Waals surface area contributed by atoms with Crippen LogP contribution in [0.4, 0.5) is 21.0 Å². The number of carbonyl (C=O) groups is 5. The van der Waals surface area contributed by atoms with Crippen molar-refractivity contribution < 1.29 is 33.1 Å². The Kier molecular flexibility index (Phi) is 11.4. The molecule has 2 fully saturated rings. The summed E-state index contributed by atoms with van der Waals surface area (Å²) in [4.78, 5) is 74.9. The molecule has 0 radical (unpaired) electrons. The molecule has 2 aliphatic heterocycles. The Morgan fingerprint density at radius 1 is 1.05 bits per heavy atom. The fraction of sp³-hybridized carbons (Fsp3) is 0.359. The topological polar surface area (TPSA) is 172 Å². The molecule has 3 aliphatic rings. The van der Waals surface area contributed by atoms with Crippen molar-refractivity contribution in [3.8, 4) is 5.75 Å². The van der Waals surface area contributed by atoms with Gasteiger partial charge in [-0.15, -0.1) is 11.3 Å². The molecule has 1 saturated carbocycles. The lowest BCUT2D eigenvalue weighted by Crippen LogP contribution is -2.52. The quantitative estimate of drug-likeness (QED) is 0.0949. The summed E-state index contributed by atoms with van der Waals surface area (Å²) in [5, 5.41) is 14.0. The third kappa shape index (κ3) is 8.62. The SMILES string of the molecule is O=C1CCC(N2Cc3c(NC(=O)CCCNC(=O)C4(Cc5cccc(Nc6nccs6)n5)CCC(Oc5cccc(Cl)c5F)CC4)cccc3C2=O)C(=O)N1. The first-order valence-corrected chi connectivity index (χ1v) is 19.4. The van der Waals surface area contributed by atoms with E-state index in [0.29, 0.717) is 66.3 Å². The zero-order valence-electron chi connectivity index (χ0n) is 29.7. The monoisotopic (exact) mass is 787 g/mol. The molecule has 4 N–H and O–H groups in total. The number of hydrogen-bond donors (Lipinski definition) is 4. The Balaban J connectivity index is 0.968. The number of ether oxygens (including phenoxy) is 1. The van der Waals surface area contributed by atoms with Crippen LogP contribution in [0, 0.1) is 11.2 Å². The number of aromatic nitrogens is 2. The van der Waals surface area contributed by atoms with Gasteiger partial charge in [0.05, 0.1) is 16.5 Å². The largest absolute Gasteiger partial charge is 0.487 e. The van der Waals surface area contributed by atoms with Gasteiger partial charge in [0.15, 0.2) is 16.7 Å². The third-order valence-corrected chi connectivity index (χ3v) is 11.3. The fourth-order valence-corrected chi connectivity index (χ4v) is 8.15. The number of rotatable bonds is 13. The van der Waals surface area contributed by atoms with Gasteiger partial charge in [0.2, 0.25) is 23.6 Å². The molecule has 2 aromatic heterocycles. The van der Waals surface area contributed by atoms with Crippen molar-refractivity contribution in [2.24, 2.45) is 5.41 Å². The first-order valence-electron chi connectivity index (χ1n) is 18.2. The molecule has 16 heteroatoms. The van der Waals surface area contributed by atoms with Crippen molar-refractivity contribution in [3.05, 3.63) is 93.8 Å². The smallest absolute Gasteiger partial charge is 0.255 e. The highest BCUT2D eigenvalue weighted by Gasteiger charge is 2.43. The first-order chi connectivity index (χ1) is 26.6. The van der Waals surface area contributed by atoms with Gasteiger partial charge in [0.1, 0.15) is 11.9 Å². The second kappa shape index (κ2) is 16.5. The molecule has 0 bridgehead atoms. The average Bonchev–Trinajstić information content (AvgIpc) is 3.81. The van der Waals surface area contributed by atoms with Gasteiger partial charge in [-0.05, 0) is 74.9 Å². The van der Waals surface area contributed by atoms with E-state index in [1.165, 1.54) is 28.4 Å². The number of thiazole rings is 1. The van der Waals surface area contributed by atoms with Crippen LogP contribution in [-0.2, 0) is 32.1 Å². The van der Waals surface area contributed by atoms with Gasteiger partial charge < -0.3 is 25.6 Å². The number of imide groups is 1. The summed E-state index contributed by atoms with van der Waals surface area (Å²) < 4.78 is 20.6. The van der Waals surface area contributed by atoms with Crippen molar-refractivity contribution >= 4 is 69.1 Å². The van der Waals surface area contributed by atoms with Crippen molar-refractivity contribution in [3.63, 3.8) is 0 Å². The number of fused-ring (bicyclic) bond motifs is 1. The van der Waals surface area contributed by atoms with E-state index in [4.69, 9.17) is 21.3 Å². The van der Waals surface area contributed by atoms with Gasteiger partial charge in [-0.3, -0.25) is 29.3 Å². The number of carbonyl (C=O) groups excluding carboxylic acids is 5. The Bertz CT molecular complexity index is 2110. The lowest BCUT2D eigenvalue weighted by molar-refractivity contribution is -0.137. The predicted octanol–water partition coefficient (Wildman–Crippen LogP) is 5.92. The number of pyridine rings is 1. The molecule has 1 saturated heterocycles. The fourth-order valence-electron chi connectivity index (χ4n) is 7.44. The van der Waals surface area contributed by atoms with Crippen LogP contribution >= 0.6 is 22.9 Å². The maximum Gasteiger partial charge on any atom is 0.255 e. The number of hydrogen-bond acceptors (Lipinski definition) is 10. The normalized spacial score (nSPS) is 20.8. The molecule has 1 aliphatic carbocycles. The Morgan fingerprint density at radius 2 is 1.85 bits per heavy atom. The Hall–Kier alpha value is -5.41. The van der Waals surface area contributed by atoms with Crippen molar-refractivity contribution in [1.29, 1.82) is 0 Å². The summed E-state index contributed by atoms with van der Waals surface area (Å²) in [6.07, 6.45) is 4.53. The zero-order valence-corrected chi connectivity index (χ0v) is 31.3. The third-order valence-electron chi connectivity index (χ3n) is 10.3. The standard InChI is InChI=1S/C39H39ClFN7O6S/c40-27-7-3-9-30(34(27)41)54-24-14-16-39(17-15-24,21-23-5-1-10-31(44-23)46-38-43-19-20-55-38)37(53)42-18-4-11-32(49)45-28-8-2-6-25-26(28)22-48(36(25)52)29-12-13-33(50)47-35(29)51/h1-3,5-10,19-20,24,29H,4,11-18,21-22H2,(H,42,53)(H,45,49)(H,43,44,46)(H,47,50,51). The van der Waals surface area contributed by atoms with E-state index in [1.54, 1.807) is 30.5 Å². The Morgan fingerprint density at radius 3 is 2.64 bits per heavy atom. The van der Waals surface area contributed by atoms with Crippen LogP contribution in [-0.4, -0.2) is 63.1 Å². The van der Waals surface area contributed by atoms with E-state index >= 15 is 0 Å². The molecular formula is C39H39ClFN7O6S. The van der Waals surface area contributed by atoms with E-state index in [2.05, 4.69) is 26.3 Å². The summed E-state index contributed by atoms with van der Waals surface area (Å²) in [5.41, 5.74) is 1.38. The molecule has 5 amide bonds. The number of halogens is 2. The van der Waals surface area contributed by atoms with Crippen LogP contribution in [0.15, 0.2) is 66.2 Å². The summed E-state index contributed by atoms with van der Waals surface area (Å²) in [7, 11) is 0. The molecule has 1 unspecified atom stereocenters. The summed E-state index contributed by atoms with van der Waals surface area (Å²) in [5.74, 6) is -1.57. The summed E-state index contributed by atoms with van der Waals surface area (Å²) >= 11 is 7.42. The minimum atomic E-state index is -0.826. The van der Waals surface area contributed by atoms with Gasteiger partial charge in [0, 0.05) is 66.4 Å². The molecule has 7 rings (SSSR count). The number of benzene rings is 2. The highest BCUT2D eigenvalue weighted by atomic mass is 35.5. The molecule has 286 valence electrons. The van der Waals surface area contributed by atoms with Crippen molar-refractivity contribution in [2.75, 3.05) is 17.2 Å². The number of piperidine rings is 1. The minimum absolute atomic E-state index is 0.0211. The highest BCUT2D eigenvalue weighted by Crippen LogP contribution is 2.41. The zero-order chi connectivity index (χ0) is 38.5. The molecule has 2 aromatic carbocycles. The van der Waals surface area contributed by atoms with E-state index in [0.717, 1.165) is 5.69 Å².